The molecular weight excluding hydrogens is 438 g/mol. The van der Waals surface area contributed by atoms with E-state index in [-0.39, 0.29) is 11.5 Å². The van der Waals surface area contributed by atoms with Gasteiger partial charge in [0, 0.05) is 36.5 Å². The number of piperidine rings is 1. The Morgan fingerprint density at radius 1 is 0.971 bits per heavy atom. The summed E-state index contributed by atoms with van der Waals surface area (Å²) in [5.74, 6) is 0.974. The summed E-state index contributed by atoms with van der Waals surface area (Å²) >= 11 is 0. The monoisotopic (exact) mass is 475 g/mol. The van der Waals surface area contributed by atoms with E-state index in [4.69, 9.17) is 4.74 Å². The number of aromatic amines is 1. The molecule has 0 unspecified atom stereocenters. The molecule has 0 bridgehead atoms. The molecule has 0 saturated carbocycles. The number of H-pyrrole nitrogens is 1. The first-order valence-electron chi connectivity index (χ1n) is 13.0. The summed E-state index contributed by atoms with van der Waals surface area (Å²) in [5.41, 5.74) is 3.13. The zero-order valence-corrected chi connectivity index (χ0v) is 20.6. The van der Waals surface area contributed by atoms with Crippen molar-refractivity contribution >= 4 is 16.8 Å². The van der Waals surface area contributed by atoms with Crippen molar-refractivity contribution in [3.8, 4) is 5.75 Å². The molecule has 1 aliphatic rings. The van der Waals surface area contributed by atoms with Crippen LogP contribution in [0.2, 0.25) is 0 Å². The zero-order valence-electron chi connectivity index (χ0n) is 20.6. The molecule has 1 fully saturated rings. The molecule has 0 spiro atoms. The minimum absolute atomic E-state index is 0.0734. The number of fused-ring (bicyclic) bond motifs is 1. The largest absolute Gasteiger partial charge is 0.494 e. The first-order chi connectivity index (χ1) is 17.2. The summed E-state index contributed by atoms with van der Waals surface area (Å²) in [7, 11) is 0. The third-order valence-electron chi connectivity index (χ3n) is 6.60. The zero-order chi connectivity index (χ0) is 24.3. The first-order valence-corrected chi connectivity index (χ1v) is 13.0. The Morgan fingerprint density at radius 3 is 2.71 bits per heavy atom. The van der Waals surface area contributed by atoms with E-state index in [1.54, 1.807) is 6.07 Å². The number of hydrogen-bond donors (Lipinski definition) is 2. The Hall–Kier alpha value is -3.12. The molecule has 6 heteroatoms. The number of ether oxygens (including phenoxy) is 1. The lowest BCUT2D eigenvalue weighted by molar-refractivity contribution is -0.121. The number of nitrogens with one attached hydrogen (secondary N) is 2. The number of nitrogens with zero attached hydrogens (tertiary/aromatic N) is 1. The van der Waals surface area contributed by atoms with Crippen LogP contribution in [0.1, 0.15) is 56.1 Å². The van der Waals surface area contributed by atoms with Gasteiger partial charge in [-0.1, -0.05) is 36.8 Å². The van der Waals surface area contributed by atoms with Crippen molar-refractivity contribution in [2.75, 3.05) is 26.2 Å². The maximum absolute atomic E-state index is 12.2. The Balaban J connectivity index is 1.09. The average Bonchev–Trinajstić information content (AvgIpc) is 2.87. The number of carbonyl (C=O) groups is 1. The van der Waals surface area contributed by atoms with Gasteiger partial charge in [0.25, 0.3) is 0 Å². The molecule has 4 rings (SSSR count). The van der Waals surface area contributed by atoms with Crippen LogP contribution in [-0.4, -0.2) is 42.0 Å². The van der Waals surface area contributed by atoms with E-state index in [0.717, 1.165) is 54.4 Å². The fourth-order valence-corrected chi connectivity index (χ4v) is 4.77. The highest BCUT2D eigenvalue weighted by Gasteiger charge is 2.11. The van der Waals surface area contributed by atoms with E-state index in [2.05, 4.69) is 33.4 Å². The van der Waals surface area contributed by atoms with Gasteiger partial charge >= 0.3 is 0 Å². The highest BCUT2D eigenvalue weighted by Crippen LogP contribution is 2.18. The van der Waals surface area contributed by atoms with Gasteiger partial charge in [0.2, 0.25) is 11.5 Å². The van der Waals surface area contributed by atoms with Crippen molar-refractivity contribution in [1.29, 1.82) is 0 Å². The van der Waals surface area contributed by atoms with Crippen LogP contribution >= 0.6 is 0 Å². The topological polar surface area (TPSA) is 74.4 Å². The van der Waals surface area contributed by atoms with Crippen LogP contribution in [0.3, 0.4) is 0 Å². The third kappa shape index (κ3) is 7.96. The van der Waals surface area contributed by atoms with E-state index in [1.807, 2.05) is 30.3 Å². The number of amides is 1. The van der Waals surface area contributed by atoms with Crippen molar-refractivity contribution in [3.63, 3.8) is 0 Å². The number of aromatic nitrogens is 1. The number of unbranched alkanes of at least 4 members (excludes halogenated alkanes) is 1. The van der Waals surface area contributed by atoms with Gasteiger partial charge in [0.15, 0.2) is 0 Å². The Bertz CT molecular complexity index is 1150. The van der Waals surface area contributed by atoms with Crippen LogP contribution in [0.5, 0.6) is 5.75 Å². The molecule has 1 aliphatic heterocycles. The van der Waals surface area contributed by atoms with Crippen LogP contribution < -0.4 is 15.6 Å². The number of benzene rings is 2. The van der Waals surface area contributed by atoms with E-state index >= 15 is 0 Å². The standard InChI is InChI=1S/C29H37N3O3/c33-28(15-5-2-11-24-21-29(34)31-27-14-4-3-13-26(24)27)30-16-9-19-35-25-12-8-10-23(20-25)22-32-17-6-1-7-18-32/h3-4,8,10,12-14,20-21H,1-2,5-7,9,11,15-19,22H2,(H,30,33)(H,31,34). The second-order valence-electron chi connectivity index (χ2n) is 9.45. The molecular formula is C29H37N3O3. The predicted molar refractivity (Wildman–Crippen MR) is 141 cm³/mol. The van der Waals surface area contributed by atoms with E-state index in [9.17, 15) is 9.59 Å². The summed E-state index contributed by atoms with van der Waals surface area (Å²) < 4.78 is 5.91. The van der Waals surface area contributed by atoms with Crippen molar-refractivity contribution in [2.24, 2.45) is 0 Å². The van der Waals surface area contributed by atoms with Gasteiger partial charge in [0.1, 0.15) is 5.75 Å². The van der Waals surface area contributed by atoms with E-state index in [1.165, 1.54) is 37.9 Å². The Labute approximate surface area is 207 Å². The molecule has 3 aromatic rings. The lowest BCUT2D eigenvalue weighted by Crippen LogP contribution is -2.29. The summed E-state index contributed by atoms with van der Waals surface area (Å²) in [4.78, 5) is 29.4. The van der Waals surface area contributed by atoms with Crippen LogP contribution in [-0.2, 0) is 17.8 Å². The van der Waals surface area contributed by atoms with Gasteiger partial charge < -0.3 is 15.0 Å². The second-order valence-corrected chi connectivity index (χ2v) is 9.45. The molecule has 2 heterocycles. The molecule has 2 aromatic carbocycles. The number of hydrogen-bond acceptors (Lipinski definition) is 4. The van der Waals surface area contributed by atoms with Gasteiger partial charge in [-0.3, -0.25) is 14.5 Å². The number of likely N-dealkylation sites (tertiary alicyclic amines) is 1. The molecule has 186 valence electrons. The van der Waals surface area contributed by atoms with Gasteiger partial charge in [-0.2, -0.15) is 0 Å². The van der Waals surface area contributed by atoms with Crippen LogP contribution in [0.25, 0.3) is 10.9 Å². The van der Waals surface area contributed by atoms with Crippen LogP contribution in [0.15, 0.2) is 59.4 Å². The van der Waals surface area contributed by atoms with Crippen molar-refractivity contribution in [3.05, 3.63) is 76.1 Å². The maximum atomic E-state index is 12.2. The molecule has 0 radical (unpaired) electrons. The quantitative estimate of drug-likeness (QED) is 0.369. The first kappa shape index (κ1) is 25.0. The maximum Gasteiger partial charge on any atom is 0.248 e. The number of rotatable bonds is 12. The fourth-order valence-electron chi connectivity index (χ4n) is 4.77. The molecule has 1 saturated heterocycles. The Kier molecular flexibility index (Phi) is 9.35. The number of carbonyl (C=O) groups excluding carboxylic acids is 1. The van der Waals surface area contributed by atoms with E-state index < -0.39 is 0 Å². The predicted octanol–water partition coefficient (Wildman–Crippen LogP) is 4.81. The molecule has 2 N–H and O–H groups in total. The lowest BCUT2D eigenvalue weighted by Gasteiger charge is -2.26. The molecule has 0 aliphatic carbocycles. The minimum Gasteiger partial charge on any atom is -0.494 e. The normalized spacial score (nSPS) is 14.2. The lowest BCUT2D eigenvalue weighted by atomic mass is 10.0. The molecule has 1 amide bonds. The van der Waals surface area contributed by atoms with E-state index in [0.29, 0.717) is 19.6 Å². The summed E-state index contributed by atoms with van der Waals surface area (Å²) in [5, 5.41) is 4.07. The summed E-state index contributed by atoms with van der Waals surface area (Å²) in [6.45, 7) is 4.57. The molecule has 0 atom stereocenters. The van der Waals surface area contributed by atoms with Crippen molar-refractivity contribution < 1.29 is 9.53 Å². The fraction of sp³-hybridized carbons (Fsp3) is 0.448. The van der Waals surface area contributed by atoms with Gasteiger partial charge in [-0.15, -0.1) is 0 Å². The van der Waals surface area contributed by atoms with Gasteiger partial charge in [-0.05, 0) is 80.9 Å². The van der Waals surface area contributed by atoms with Gasteiger partial charge in [-0.25, -0.2) is 0 Å². The summed E-state index contributed by atoms with van der Waals surface area (Å²) in [6, 6.07) is 17.9. The average molecular weight is 476 g/mol. The highest BCUT2D eigenvalue weighted by molar-refractivity contribution is 5.81. The smallest absolute Gasteiger partial charge is 0.248 e. The Morgan fingerprint density at radius 2 is 1.83 bits per heavy atom. The van der Waals surface area contributed by atoms with Crippen LogP contribution in [0.4, 0.5) is 0 Å². The number of para-hydroxylation sites is 1. The van der Waals surface area contributed by atoms with Crippen LogP contribution in [0, 0.1) is 0 Å². The number of pyridine rings is 1. The molecule has 6 nitrogen and oxygen atoms in total. The summed E-state index contributed by atoms with van der Waals surface area (Å²) in [6.07, 6.45) is 7.69. The third-order valence-corrected chi connectivity index (χ3v) is 6.60. The molecule has 1 aromatic heterocycles. The SMILES string of the molecule is O=C(CCCCc1cc(=O)[nH]c2ccccc12)NCCCOc1cccc(CN2CCCCC2)c1. The molecule has 35 heavy (non-hydrogen) atoms. The number of aryl methyl sites for hydroxylation is 1. The highest BCUT2D eigenvalue weighted by atomic mass is 16.5. The van der Waals surface area contributed by atoms with Gasteiger partial charge in [0.05, 0.1) is 6.61 Å². The van der Waals surface area contributed by atoms with Crippen molar-refractivity contribution in [1.82, 2.24) is 15.2 Å². The van der Waals surface area contributed by atoms with Crippen molar-refractivity contribution in [2.45, 2.75) is 57.9 Å². The second kappa shape index (κ2) is 13.1. The minimum atomic E-state index is -0.0765.